The number of amidine groups is 1. The number of amides is 1. The van der Waals surface area contributed by atoms with Crippen molar-refractivity contribution in [2.45, 2.75) is 82.9 Å². The van der Waals surface area contributed by atoms with Gasteiger partial charge < -0.3 is 4.74 Å². The van der Waals surface area contributed by atoms with Gasteiger partial charge in [-0.3, -0.25) is 14.7 Å². The van der Waals surface area contributed by atoms with Crippen LogP contribution in [0.4, 0.5) is 0 Å². The van der Waals surface area contributed by atoms with Crippen molar-refractivity contribution in [1.82, 2.24) is 4.90 Å². The fourth-order valence-corrected chi connectivity index (χ4v) is 7.52. The third-order valence-corrected chi connectivity index (χ3v) is 9.38. The lowest BCUT2D eigenvalue weighted by molar-refractivity contribution is -0.124. The molecule has 3 aliphatic rings. The molecular weight excluding hydrogens is 591 g/mol. The fraction of sp³-hybridized carbons (Fsp3) is 0.448. The topological polar surface area (TPSA) is 41.9 Å². The van der Waals surface area contributed by atoms with Crippen LogP contribution in [0.3, 0.4) is 0 Å². The Morgan fingerprint density at radius 3 is 2.35 bits per heavy atom. The van der Waals surface area contributed by atoms with Crippen molar-refractivity contribution in [2.75, 3.05) is 0 Å². The van der Waals surface area contributed by atoms with Gasteiger partial charge in [-0.05, 0) is 94.8 Å². The summed E-state index contributed by atoms with van der Waals surface area (Å²) < 4.78 is 6.74. The van der Waals surface area contributed by atoms with Crippen LogP contribution in [0.1, 0.15) is 75.3 Å². The van der Waals surface area contributed by atoms with Crippen LogP contribution in [0.25, 0.3) is 6.08 Å². The average Bonchev–Trinajstić information content (AvgIpc) is 3.19. The van der Waals surface area contributed by atoms with Gasteiger partial charge in [-0.15, -0.1) is 0 Å². The molecule has 8 heteroatoms. The molecule has 0 unspecified atom stereocenters. The predicted molar refractivity (Wildman–Crippen MR) is 159 cm³/mol. The van der Waals surface area contributed by atoms with Crippen molar-refractivity contribution >= 4 is 68.0 Å². The van der Waals surface area contributed by atoms with Crippen LogP contribution >= 0.6 is 50.9 Å². The highest BCUT2D eigenvalue weighted by Gasteiger charge is 2.39. The minimum Gasteiger partial charge on any atom is -0.486 e. The molecule has 2 aromatic carbocycles. The third kappa shape index (κ3) is 6.76. The Morgan fingerprint density at radius 2 is 1.68 bits per heavy atom. The van der Waals surface area contributed by atoms with Gasteiger partial charge in [-0.2, -0.15) is 0 Å². The quantitative estimate of drug-likeness (QED) is 0.302. The van der Waals surface area contributed by atoms with E-state index in [4.69, 9.17) is 32.9 Å². The van der Waals surface area contributed by atoms with Crippen molar-refractivity contribution < 1.29 is 9.53 Å². The average molecular weight is 622 g/mol. The molecule has 0 bridgehead atoms. The maximum atomic E-state index is 13.7. The second kappa shape index (κ2) is 12.6. The normalized spacial score (nSPS) is 21.8. The minimum absolute atomic E-state index is 0.0711. The third-order valence-electron chi connectivity index (χ3n) is 7.26. The maximum absolute atomic E-state index is 13.7. The predicted octanol–water partition coefficient (Wildman–Crippen LogP) is 9.27. The molecule has 1 heterocycles. The number of thioether (sulfide) groups is 1. The molecule has 4 nitrogen and oxygen atoms in total. The monoisotopic (exact) mass is 620 g/mol. The zero-order chi connectivity index (χ0) is 25.8. The van der Waals surface area contributed by atoms with Gasteiger partial charge in [0.15, 0.2) is 10.9 Å². The van der Waals surface area contributed by atoms with Crippen molar-refractivity contribution in [1.29, 1.82) is 0 Å². The van der Waals surface area contributed by atoms with Crippen LogP contribution in [0, 0.1) is 0 Å². The van der Waals surface area contributed by atoms with E-state index in [0.29, 0.717) is 33.3 Å². The molecule has 0 spiro atoms. The van der Waals surface area contributed by atoms with Crippen molar-refractivity contribution in [3.05, 3.63) is 66.9 Å². The van der Waals surface area contributed by atoms with Crippen molar-refractivity contribution in [3.8, 4) is 5.75 Å². The summed E-state index contributed by atoms with van der Waals surface area (Å²) in [6.07, 6.45) is 13.6. The molecule has 37 heavy (non-hydrogen) atoms. The molecule has 0 atom stereocenters. The van der Waals surface area contributed by atoms with E-state index in [2.05, 4.69) is 15.9 Å². The highest BCUT2D eigenvalue weighted by atomic mass is 79.9. The summed E-state index contributed by atoms with van der Waals surface area (Å²) in [5.41, 5.74) is 1.85. The van der Waals surface area contributed by atoms with Gasteiger partial charge in [0.1, 0.15) is 6.61 Å². The SMILES string of the molecule is O=C1C(=Cc2cc(Cl)c(OCc3ccc(Cl)cc3)c(Br)c2)SC(=NC2CCCCC2)N1C1CCCCC1. The summed E-state index contributed by atoms with van der Waals surface area (Å²) in [5, 5.41) is 2.07. The number of halogens is 3. The first-order chi connectivity index (χ1) is 18.0. The van der Waals surface area contributed by atoms with E-state index in [9.17, 15) is 4.79 Å². The van der Waals surface area contributed by atoms with Crippen molar-refractivity contribution in [3.63, 3.8) is 0 Å². The summed E-state index contributed by atoms with van der Waals surface area (Å²) in [5.74, 6) is 0.648. The van der Waals surface area contributed by atoms with Crippen LogP contribution in [-0.4, -0.2) is 28.1 Å². The van der Waals surface area contributed by atoms with Gasteiger partial charge in [-0.1, -0.05) is 73.9 Å². The largest absolute Gasteiger partial charge is 0.486 e. The van der Waals surface area contributed by atoms with E-state index in [0.717, 1.165) is 46.5 Å². The Morgan fingerprint density at radius 1 is 1.00 bits per heavy atom. The lowest BCUT2D eigenvalue weighted by atomic mass is 9.94. The van der Waals surface area contributed by atoms with E-state index in [-0.39, 0.29) is 11.9 Å². The summed E-state index contributed by atoms with van der Waals surface area (Å²) in [6.45, 7) is 0.377. The molecule has 2 aromatic rings. The first-order valence-corrected chi connectivity index (χ1v) is 15.5. The lowest BCUT2D eigenvalue weighted by Gasteiger charge is -2.31. The zero-order valence-corrected chi connectivity index (χ0v) is 24.6. The molecule has 1 saturated heterocycles. The summed E-state index contributed by atoms with van der Waals surface area (Å²) in [4.78, 5) is 21.5. The van der Waals surface area contributed by atoms with Crippen LogP contribution < -0.4 is 4.74 Å². The van der Waals surface area contributed by atoms with Gasteiger partial charge in [0, 0.05) is 11.1 Å². The Kier molecular flexibility index (Phi) is 9.22. The summed E-state index contributed by atoms with van der Waals surface area (Å²) in [6, 6.07) is 11.9. The number of ether oxygens (including phenoxy) is 1. The van der Waals surface area contributed by atoms with Crippen LogP contribution in [0.15, 0.2) is 50.8 Å². The van der Waals surface area contributed by atoms with E-state index in [1.54, 1.807) is 0 Å². The van der Waals surface area contributed by atoms with Gasteiger partial charge in [0.25, 0.3) is 5.91 Å². The van der Waals surface area contributed by atoms with Gasteiger partial charge >= 0.3 is 0 Å². The maximum Gasteiger partial charge on any atom is 0.266 e. The summed E-state index contributed by atoms with van der Waals surface area (Å²) in [7, 11) is 0. The summed E-state index contributed by atoms with van der Waals surface area (Å²) >= 11 is 17.7. The lowest BCUT2D eigenvalue weighted by Crippen LogP contribution is -2.41. The zero-order valence-electron chi connectivity index (χ0n) is 20.7. The van der Waals surface area contributed by atoms with E-state index in [1.807, 2.05) is 47.4 Å². The molecule has 2 saturated carbocycles. The Hall–Kier alpha value is -1.47. The molecule has 0 N–H and O–H groups in total. The van der Waals surface area contributed by atoms with Gasteiger partial charge in [0.2, 0.25) is 0 Å². The Labute approximate surface area is 242 Å². The van der Waals surface area contributed by atoms with Gasteiger partial charge in [-0.25, -0.2) is 0 Å². The van der Waals surface area contributed by atoms with Crippen LogP contribution in [-0.2, 0) is 11.4 Å². The van der Waals surface area contributed by atoms with Crippen LogP contribution in [0.2, 0.25) is 10.0 Å². The van der Waals surface area contributed by atoms with Gasteiger partial charge in [0.05, 0.1) is 20.4 Å². The van der Waals surface area contributed by atoms with Crippen molar-refractivity contribution in [2.24, 2.45) is 4.99 Å². The van der Waals surface area contributed by atoms with E-state index >= 15 is 0 Å². The number of hydrogen-bond donors (Lipinski definition) is 0. The Balaban J connectivity index is 1.37. The number of hydrogen-bond acceptors (Lipinski definition) is 4. The number of aliphatic imine (C=N–C) groups is 1. The number of carbonyl (C=O) groups is 1. The second-order valence-electron chi connectivity index (χ2n) is 10.0. The molecule has 1 aliphatic heterocycles. The number of carbonyl (C=O) groups excluding carboxylic acids is 1. The fourth-order valence-electron chi connectivity index (χ4n) is 5.29. The Bertz CT molecular complexity index is 1170. The van der Waals surface area contributed by atoms with E-state index < -0.39 is 0 Å². The molecule has 196 valence electrons. The highest BCUT2D eigenvalue weighted by Crippen LogP contribution is 2.40. The molecule has 3 fully saturated rings. The standard InChI is InChI=1S/C29H31BrCl2N2O2S/c30-24-15-20(16-25(32)27(24)36-18-19-11-13-21(31)14-12-19)17-26-28(35)34(23-9-5-2-6-10-23)29(37-26)33-22-7-3-1-4-8-22/h11-17,22-23H,1-10,18H2. The van der Waals surface area contributed by atoms with Crippen LogP contribution in [0.5, 0.6) is 5.75 Å². The molecule has 1 amide bonds. The first-order valence-electron chi connectivity index (χ1n) is 13.1. The molecule has 0 aromatic heterocycles. The highest BCUT2D eigenvalue weighted by molar-refractivity contribution is 9.10. The minimum atomic E-state index is 0.0711. The second-order valence-corrected chi connectivity index (χ2v) is 12.7. The number of nitrogens with zero attached hydrogens (tertiary/aromatic N) is 2. The molecule has 2 aliphatic carbocycles. The molecular formula is C29H31BrCl2N2O2S. The molecule has 5 rings (SSSR count). The first kappa shape index (κ1) is 27.1. The number of benzene rings is 2. The molecule has 0 radical (unpaired) electrons. The number of rotatable bonds is 6. The van der Waals surface area contributed by atoms with E-state index in [1.165, 1.54) is 50.3 Å². The smallest absolute Gasteiger partial charge is 0.266 e.